The lowest BCUT2D eigenvalue weighted by Gasteiger charge is -2.12. The number of hydrogen-bond donors (Lipinski definition) is 1. The van der Waals surface area contributed by atoms with E-state index in [1.54, 1.807) is 0 Å². The Hall–Kier alpha value is -1.88. The van der Waals surface area contributed by atoms with E-state index < -0.39 is 0 Å². The van der Waals surface area contributed by atoms with Crippen molar-refractivity contribution in [2.24, 2.45) is 0 Å². The van der Waals surface area contributed by atoms with Gasteiger partial charge in [0.1, 0.15) is 5.75 Å². The van der Waals surface area contributed by atoms with Crippen molar-refractivity contribution in [3.63, 3.8) is 0 Å². The molecule has 21 heavy (non-hydrogen) atoms. The molecular weight excluding hydrogens is 266 g/mol. The number of hydrogen-bond acceptors (Lipinski definition) is 5. The van der Waals surface area contributed by atoms with Crippen LogP contribution in [0.15, 0.2) is 28.8 Å². The quantitative estimate of drug-likeness (QED) is 0.809. The molecule has 0 saturated heterocycles. The summed E-state index contributed by atoms with van der Waals surface area (Å²) in [6.07, 6.45) is 1.75. The van der Waals surface area contributed by atoms with Crippen LogP contribution < -0.4 is 10.1 Å². The average Bonchev–Trinajstić information content (AvgIpc) is 2.95. The monoisotopic (exact) mass is 289 g/mol. The fraction of sp³-hybridized carbons (Fsp3) is 0.500. The summed E-state index contributed by atoms with van der Waals surface area (Å²) in [5.74, 6) is 2.04. The maximum absolute atomic E-state index is 5.66. The molecule has 0 bridgehead atoms. The summed E-state index contributed by atoms with van der Waals surface area (Å²) in [6, 6.07) is 8.63. The second kappa shape index (κ2) is 7.78. The molecule has 0 aliphatic rings. The predicted molar refractivity (Wildman–Crippen MR) is 81.3 cm³/mol. The molecule has 0 aliphatic carbocycles. The van der Waals surface area contributed by atoms with Gasteiger partial charge in [0, 0.05) is 12.5 Å². The van der Waals surface area contributed by atoms with E-state index in [2.05, 4.69) is 41.4 Å². The highest BCUT2D eigenvalue weighted by Gasteiger charge is 2.06. The maximum atomic E-state index is 5.66. The van der Waals surface area contributed by atoms with Gasteiger partial charge in [0.05, 0.1) is 0 Å². The molecule has 1 heterocycles. The smallest absolute Gasteiger partial charge is 0.226 e. The predicted octanol–water partition coefficient (Wildman–Crippen LogP) is 2.75. The molecule has 0 saturated carbocycles. The molecule has 5 heteroatoms. The molecule has 1 unspecified atom stereocenters. The lowest BCUT2D eigenvalue weighted by atomic mass is 10.1. The highest BCUT2D eigenvalue weighted by molar-refractivity contribution is 5.27. The Morgan fingerprint density at radius 2 is 2.00 bits per heavy atom. The van der Waals surface area contributed by atoms with E-state index in [1.165, 1.54) is 5.56 Å². The minimum Gasteiger partial charge on any atom is -0.485 e. The van der Waals surface area contributed by atoms with E-state index in [1.807, 2.05) is 19.1 Å². The van der Waals surface area contributed by atoms with Crippen molar-refractivity contribution < 1.29 is 9.26 Å². The van der Waals surface area contributed by atoms with E-state index in [0.29, 0.717) is 24.4 Å². The van der Waals surface area contributed by atoms with Gasteiger partial charge in [-0.1, -0.05) is 31.1 Å². The lowest BCUT2D eigenvalue weighted by molar-refractivity contribution is 0.285. The number of aryl methyl sites for hydroxylation is 1. The first kappa shape index (κ1) is 15.5. The van der Waals surface area contributed by atoms with Crippen molar-refractivity contribution >= 4 is 0 Å². The first-order valence-electron chi connectivity index (χ1n) is 7.47. The molecule has 0 aliphatic heterocycles. The van der Waals surface area contributed by atoms with E-state index in [9.17, 15) is 0 Å². The van der Waals surface area contributed by atoms with E-state index in [4.69, 9.17) is 9.26 Å². The largest absolute Gasteiger partial charge is 0.485 e. The van der Waals surface area contributed by atoms with Crippen LogP contribution in [0, 0.1) is 0 Å². The van der Waals surface area contributed by atoms with Gasteiger partial charge in [-0.15, -0.1) is 0 Å². The summed E-state index contributed by atoms with van der Waals surface area (Å²) >= 11 is 0. The van der Waals surface area contributed by atoms with Crippen molar-refractivity contribution in [2.75, 3.05) is 6.54 Å². The van der Waals surface area contributed by atoms with Crippen molar-refractivity contribution in [2.45, 2.75) is 46.3 Å². The first-order chi connectivity index (χ1) is 10.2. The van der Waals surface area contributed by atoms with E-state index in [0.717, 1.165) is 25.1 Å². The zero-order valence-corrected chi connectivity index (χ0v) is 12.9. The Labute approximate surface area is 125 Å². The number of nitrogens with one attached hydrogen (secondary N) is 1. The number of benzene rings is 1. The van der Waals surface area contributed by atoms with E-state index >= 15 is 0 Å². The van der Waals surface area contributed by atoms with Crippen LogP contribution in [0.2, 0.25) is 0 Å². The van der Waals surface area contributed by atoms with Gasteiger partial charge in [0.25, 0.3) is 0 Å². The third-order valence-corrected chi connectivity index (χ3v) is 3.20. The Morgan fingerprint density at radius 1 is 1.24 bits per heavy atom. The second-order valence-electron chi connectivity index (χ2n) is 5.05. The van der Waals surface area contributed by atoms with Crippen molar-refractivity contribution in [3.8, 4) is 5.75 Å². The molecule has 0 fully saturated rings. The molecule has 1 atom stereocenters. The number of likely N-dealkylation sites (N-methyl/N-ethyl adjacent to an activating group) is 1. The third kappa shape index (κ3) is 4.86. The average molecular weight is 289 g/mol. The van der Waals surface area contributed by atoms with Gasteiger partial charge in [0.15, 0.2) is 6.61 Å². The number of rotatable bonds is 8. The number of nitrogens with zero attached hydrogens (tertiary/aromatic N) is 2. The fourth-order valence-electron chi connectivity index (χ4n) is 2.14. The molecule has 114 valence electrons. The highest BCUT2D eigenvalue weighted by atomic mass is 16.5. The molecule has 5 nitrogen and oxygen atoms in total. The summed E-state index contributed by atoms with van der Waals surface area (Å²) < 4.78 is 10.7. The van der Waals surface area contributed by atoms with Gasteiger partial charge < -0.3 is 14.6 Å². The van der Waals surface area contributed by atoms with Crippen LogP contribution in [0.3, 0.4) is 0 Å². The Morgan fingerprint density at radius 3 is 2.62 bits per heavy atom. The van der Waals surface area contributed by atoms with Crippen LogP contribution in [0.4, 0.5) is 0 Å². The van der Waals surface area contributed by atoms with Gasteiger partial charge in [-0.3, -0.25) is 0 Å². The number of ether oxygens (including phenoxy) is 1. The summed E-state index contributed by atoms with van der Waals surface area (Å²) in [4.78, 5) is 4.21. The number of aromatic nitrogens is 2. The highest BCUT2D eigenvalue weighted by Crippen LogP contribution is 2.14. The SMILES string of the molecule is CCNC(C)Cc1ccc(OCc2noc(CC)n2)cc1. The van der Waals surface area contributed by atoms with Gasteiger partial charge in [-0.2, -0.15) is 4.98 Å². The van der Waals surface area contributed by atoms with Crippen molar-refractivity contribution in [1.29, 1.82) is 0 Å². The van der Waals surface area contributed by atoms with Crippen LogP contribution in [0.5, 0.6) is 5.75 Å². The van der Waals surface area contributed by atoms with Crippen LogP contribution >= 0.6 is 0 Å². The van der Waals surface area contributed by atoms with Crippen molar-refractivity contribution in [1.82, 2.24) is 15.5 Å². The molecule has 2 rings (SSSR count). The second-order valence-corrected chi connectivity index (χ2v) is 5.05. The minimum atomic E-state index is 0.330. The molecule has 0 spiro atoms. The van der Waals surface area contributed by atoms with Gasteiger partial charge >= 0.3 is 0 Å². The molecular formula is C16H23N3O2. The first-order valence-corrected chi connectivity index (χ1v) is 7.47. The summed E-state index contributed by atoms with van der Waals surface area (Å²) in [6.45, 7) is 7.61. The lowest BCUT2D eigenvalue weighted by Crippen LogP contribution is -2.27. The zero-order chi connectivity index (χ0) is 15.1. The minimum absolute atomic E-state index is 0.330. The fourth-order valence-corrected chi connectivity index (χ4v) is 2.14. The van der Waals surface area contributed by atoms with Gasteiger partial charge in [-0.05, 0) is 37.6 Å². The van der Waals surface area contributed by atoms with Crippen LogP contribution in [-0.2, 0) is 19.4 Å². The van der Waals surface area contributed by atoms with Crippen molar-refractivity contribution in [3.05, 3.63) is 41.5 Å². The molecule has 0 radical (unpaired) electrons. The van der Waals surface area contributed by atoms with Gasteiger partial charge in [-0.25, -0.2) is 0 Å². The van der Waals surface area contributed by atoms with Crippen LogP contribution in [0.25, 0.3) is 0 Å². The van der Waals surface area contributed by atoms with Crippen LogP contribution in [0.1, 0.15) is 38.0 Å². The standard InChI is InChI=1S/C16H23N3O2/c1-4-16-18-15(19-21-16)11-20-14-8-6-13(7-9-14)10-12(3)17-5-2/h6-9,12,17H,4-5,10-11H2,1-3H3. The van der Waals surface area contributed by atoms with Gasteiger partial charge in [0.2, 0.25) is 11.7 Å². The topological polar surface area (TPSA) is 60.2 Å². The third-order valence-electron chi connectivity index (χ3n) is 3.20. The Kier molecular flexibility index (Phi) is 5.75. The summed E-state index contributed by atoms with van der Waals surface area (Å²) in [7, 11) is 0. The normalized spacial score (nSPS) is 12.3. The zero-order valence-electron chi connectivity index (χ0n) is 12.9. The maximum Gasteiger partial charge on any atom is 0.226 e. The summed E-state index contributed by atoms with van der Waals surface area (Å²) in [5.41, 5.74) is 1.30. The van der Waals surface area contributed by atoms with Crippen LogP contribution in [-0.4, -0.2) is 22.7 Å². The molecule has 1 N–H and O–H groups in total. The summed E-state index contributed by atoms with van der Waals surface area (Å²) in [5, 5.41) is 7.26. The molecule has 1 aromatic heterocycles. The molecule has 2 aromatic rings. The molecule has 0 amide bonds. The Balaban J connectivity index is 1.84. The molecule has 1 aromatic carbocycles. The Bertz CT molecular complexity index is 537. The van der Waals surface area contributed by atoms with E-state index in [-0.39, 0.29) is 0 Å².